The molecule has 1 aliphatic carbocycles. The molecule has 0 radical (unpaired) electrons. The summed E-state index contributed by atoms with van der Waals surface area (Å²) >= 11 is 0. The molecule has 2 aromatic carbocycles. The molecule has 0 aliphatic heterocycles. The number of nitrogens with zero attached hydrogens (tertiary/aromatic N) is 1. The van der Waals surface area contributed by atoms with Gasteiger partial charge in [0.15, 0.2) is 5.69 Å². The first kappa shape index (κ1) is 20.1. The Balaban J connectivity index is 2.17. The highest BCUT2D eigenvalue weighted by Crippen LogP contribution is 2.50. The first-order chi connectivity index (χ1) is 13.0. The molecular weight excluding hydrogens is 402 g/mol. The summed E-state index contributed by atoms with van der Waals surface area (Å²) < 4.78 is 85.1. The third-order valence-electron chi connectivity index (χ3n) is 4.31. The van der Waals surface area contributed by atoms with Crippen LogP contribution in [0, 0.1) is 12.4 Å². The normalized spacial score (nSPS) is 19.0. The average molecular weight is 415 g/mol. The number of fused-ring (bicyclic) bond motifs is 1. The number of hydrogen-bond donors (Lipinski definition) is 1. The number of halogens is 4. The monoisotopic (exact) mass is 415 g/mol. The Morgan fingerprint density at radius 3 is 2.61 bits per heavy atom. The predicted molar refractivity (Wildman–Crippen MR) is 90.5 cm³/mol. The SMILES string of the molecule is [C-]#[N+]c1cc(F)cc(Oc2ccc(S(=O)(=O)C(C)F)c3c2CC(F)(F)[C@H]3O)c1. The molecule has 1 unspecified atom stereocenters. The molecule has 1 aliphatic rings. The molecule has 0 heterocycles. The van der Waals surface area contributed by atoms with E-state index < -0.39 is 50.1 Å². The highest BCUT2D eigenvalue weighted by Gasteiger charge is 2.51. The quantitative estimate of drug-likeness (QED) is 0.591. The van der Waals surface area contributed by atoms with Crippen LogP contribution in [0.3, 0.4) is 0 Å². The van der Waals surface area contributed by atoms with Crippen LogP contribution in [0.1, 0.15) is 24.2 Å². The van der Waals surface area contributed by atoms with E-state index in [-0.39, 0.29) is 22.7 Å². The number of aliphatic hydroxyl groups excluding tert-OH is 1. The van der Waals surface area contributed by atoms with E-state index in [1.165, 1.54) is 6.07 Å². The molecule has 1 N–H and O–H groups in total. The van der Waals surface area contributed by atoms with E-state index in [1.54, 1.807) is 0 Å². The van der Waals surface area contributed by atoms with E-state index in [0.717, 1.165) is 31.2 Å². The minimum atomic E-state index is -4.61. The molecule has 5 nitrogen and oxygen atoms in total. The largest absolute Gasteiger partial charge is 0.458 e. The van der Waals surface area contributed by atoms with Gasteiger partial charge in [0.1, 0.15) is 23.4 Å². The Hall–Kier alpha value is -2.64. The average Bonchev–Trinajstić information content (AvgIpc) is 2.85. The van der Waals surface area contributed by atoms with Gasteiger partial charge in [-0.05, 0) is 31.2 Å². The number of alkyl halides is 3. The van der Waals surface area contributed by atoms with Crippen molar-refractivity contribution in [2.75, 3.05) is 0 Å². The number of hydrogen-bond acceptors (Lipinski definition) is 4. The van der Waals surface area contributed by atoms with E-state index >= 15 is 0 Å². The van der Waals surface area contributed by atoms with Crippen LogP contribution in [-0.2, 0) is 16.3 Å². The molecule has 3 rings (SSSR count). The maximum absolute atomic E-state index is 14.1. The minimum absolute atomic E-state index is 0.0949. The van der Waals surface area contributed by atoms with E-state index in [9.17, 15) is 31.1 Å². The van der Waals surface area contributed by atoms with Gasteiger partial charge < -0.3 is 9.84 Å². The van der Waals surface area contributed by atoms with Gasteiger partial charge in [-0.2, -0.15) is 0 Å². The van der Waals surface area contributed by atoms with Crippen LogP contribution < -0.4 is 4.74 Å². The minimum Gasteiger partial charge on any atom is -0.458 e. The molecule has 0 aromatic heterocycles. The van der Waals surface area contributed by atoms with Crippen molar-refractivity contribution in [1.82, 2.24) is 0 Å². The van der Waals surface area contributed by atoms with Crippen molar-refractivity contribution in [2.45, 2.75) is 35.8 Å². The molecule has 148 valence electrons. The highest BCUT2D eigenvalue weighted by atomic mass is 32.2. The van der Waals surface area contributed by atoms with Gasteiger partial charge >= 0.3 is 0 Å². The van der Waals surface area contributed by atoms with Crippen molar-refractivity contribution in [2.24, 2.45) is 0 Å². The van der Waals surface area contributed by atoms with Crippen LogP contribution >= 0.6 is 0 Å². The molecule has 0 saturated heterocycles. The third-order valence-corrected chi connectivity index (χ3v) is 6.13. The molecule has 2 aromatic rings. The standard InChI is InChI=1S/C18H13F4NO4S/c1-9(19)28(25,26)15-4-3-14(13-8-18(21,22)17(24)16(13)15)27-12-6-10(20)5-11(7-12)23-2/h3-7,9,17,24H,8H2,1H3/t9?,17-/m0/s1. The zero-order valence-electron chi connectivity index (χ0n) is 14.3. The lowest BCUT2D eigenvalue weighted by molar-refractivity contribution is -0.0976. The first-order valence-corrected chi connectivity index (χ1v) is 9.47. The molecule has 0 fully saturated rings. The molecule has 0 spiro atoms. The Bertz CT molecular complexity index is 1090. The van der Waals surface area contributed by atoms with Crippen LogP contribution in [0.25, 0.3) is 4.85 Å². The van der Waals surface area contributed by atoms with Crippen LogP contribution in [-0.4, -0.2) is 25.0 Å². The Kier molecular flexibility index (Phi) is 4.85. The lowest BCUT2D eigenvalue weighted by atomic mass is 10.1. The Morgan fingerprint density at radius 1 is 1.32 bits per heavy atom. The van der Waals surface area contributed by atoms with Crippen LogP contribution in [0.4, 0.5) is 23.2 Å². The topological polar surface area (TPSA) is 68.0 Å². The van der Waals surface area contributed by atoms with E-state index in [4.69, 9.17) is 11.3 Å². The van der Waals surface area contributed by atoms with Crippen molar-refractivity contribution < 1.29 is 35.8 Å². The second-order valence-corrected chi connectivity index (χ2v) is 8.42. The zero-order chi connectivity index (χ0) is 20.9. The van der Waals surface area contributed by atoms with E-state index in [0.29, 0.717) is 0 Å². The summed E-state index contributed by atoms with van der Waals surface area (Å²) in [5, 5.41) is 9.96. The molecule has 0 bridgehead atoms. The fraction of sp³-hybridized carbons (Fsp3) is 0.278. The Morgan fingerprint density at radius 2 is 2.00 bits per heavy atom. The van der Waals surface area contributed by atoms with Crippen LogP contribution in [0.15, 0.2) is 35.2 Å². The van der Waals surface area contributed by atoms with Gasteiger partial charge in [0.2, 0.25) is 15.3 Å². The number of ether oxygens (including phenoxy) is 1. The fourth-order valence-electron chi connectivity index (χ4n) is 2.97. The van der Waals surface area contributed by atoms with E-state index in [1.807, 2.05) is 0 Å². The van der Waals surface area contributed by atoms with Crippen molar-refractivity contribution in [1.29, 1.82) is 0 Å². The van der Waals surface area contributed by atoms with Crippen molar-refractivity contribution >= 4 is 15.5 Å². The summed E-state index contributed by atoms with van der Waals surface area (Å²) in [5.41, 5.74) is -3.45. The number of sulfone groups is 1. The van der Waals surface area contributed by atoms with Crippen LogP contribution in [0.5, 0.6) is 11.5 Å². The summed E-state index contributed by atoms with van der Waals surface area (Å²) in [6.45, 7) is 7.66. The summed E-state index contributed by atoms with van der Waals surface area (Å²) in [6.07, 6.45) is -3.52. The van der Waals surface area contributed by atoms with E-state index in [2.05, 4.69) is 4.85 Å². The lowest BCUT2D eigenvalue weighted by Gasteiger charge is -2.17. The highest BCUT2D eigenvalue weighted by molar-refractivity contribution is 7.92. The second-order valence-electron chi connectivity index (χ2n) is 6.24. The van der Waals surface area contributed by atoms with Crippen molar-refractivity contribution in [3.63, 3.8) is 0 Å². The maximum atomic E-state index is 14.1. The zero-order valence-corrected chi connectivity index (χ0v) is 15.1. The predicted octanol–water partition coefficient (Wildman–Crippen LogP) is 4.48. The third kappa shape index (κ3) is 3.31. The molecule has 10 heteroatoms. The van der Waals surface area contributed by atoms with Gasteiger partial charge in [-0.25, -0.2) is 30.8 Å². The molecule has 2 atom stereocenters. The van der Waals surface area contributed by atoms with Gasteiger partial charge in [-0.3, -0.25) is 0 Å². The van der Waals surface area contributed by atoms with Crippen molar-refractivity contribution in [3.05, 3.63) is 58.7 Å². The van der Waals surface area contributed by atoms with Crippen molar-refractivity contribution in [3.8, 4) is 11.5 Å². The van der Waals surface area contributed by atoms with Gasteiger partial charge in [0.05, 0.1) is 11.5 Å². The van der Waals surface area contributed by atoms with Gasteiger partial charge in [-0.15, -0.1) is 0 Å². The fourth-order valence-corrected chi connectivity index (χ4v) is 4.11. The maximum Gasteiger partial charge on any atom is 0.281 e. The summed E-state index contributed by atoms with van der Waals surface area (Å²) in [7, 11) is -4.61. The van der Waals surface area contributed by atoms with Crippen LogP contribution in [0.2, 0.25) is 0 Å². The number of rotatable bonds is 4. The van der Waals surface area contributed by atoms with Gasteiger partial charge in [0.25, 0.3) is 5.92 Å². The molecule has 0 amide bonds. The summed E-state index contributed by atoms with van der Waals surface area (Å²) in [6, 6.07) is 4.92. The summed E-state index contributed by atoms with van der Waals surface area (Å²) in [5.74, 6) is -4.92. The number of aliphatic hydroxyl groups is 1. The van der Waals surface area contributed by atoms with Gasteiger partial charge in [-0.1, -0.05) is 0 Å². The molecule has 0 saturated carbocycles. The molecule has 28 heavy (non-hydrogen) atoms. The lowest BCUT2D eigenvalue weighted by Crippen LogP contribution is -2.23. The first-order valence-electron chi connectivity index (χ1n) is 7.93. The second kappa shape index (κ2) is 6.76. The number of benzene rings is 2. The Labute approximate surface area is 157 Å². The smallest absolute Gasteiger partial charge is 0.281 e. The van der Waals surface area contributed by atoms with Gasteiger partial charge in [0, 0.05) is 23.6 Å². The molecular formula is C18H13F4NO4S. The summed E-state index contributed by atoms with van der Waals surface area (Å²) in [4.78, 5) is 2.30.